The number of benzene rings is 1. The molecule has 8 nitrogen and oxygen atoms in total. The molecule has 1 N–H and O–H groups in total. The highest BCUT2D eigenvalue weighted by Crippen LogP contribution is 2.25. The minimum absolute atomic E-state index is 0. The van der Waals surface area contributed by atoms with Gasteiger partial charge < -0.3 is 29.3 Å². The monoisotopic (exact) mass is 520 g/mol. The first kappa shape index (κ1) is 25.3. The molecular weight excluding hydrogens is 487 g/mol. The predicted molar refractivity (Wildman–Crippen MR) is 124 cm³/mol. The predicted octanol–water partition coefficient (Wildman–Crippen LogP) is 1.82. The molecule has 164 valence electrons. The lowest BCUT2D eigenvalue weighted by atomic mass is 10.1. The number of rotatable bonds is 8. The van der Waals surface area contributed by atoms with E-state index in [4.69, 9.17) is 14.2 Å². The second kappa shape index (κ2) is 12.7. The largest absolute Gasteiger partial charge is 0.497 e. The van der Waals surface area contributed by atoms with Gasteiger partial charge in [0.25, 0.3) is 0 Å². The molecule has 29 heavy (non-hydrogen) atoms. The number of methoxy groups -OCH3 is 2. The number of amides is 1. The topological polar surface area (TPSA) is 75.6 Å². The molecule has 1 amide bonds. The van der Waals surface area contributed by atoms with Crippen molar-refractivity contribution < 1.29 is 19.0 Å². The summed E-state index contributed by atoms with van der Waals surface area (Å²) in [6.45, 7) is 3.00. The molecule has 0 aromatic heterocycles. The fourth-order valence-electron chi connectivity index (χ4n) is 2.89. The van der Waals surface area contributed by atoms with E-state index < -0.39 is 0 Å². The highest BCUT2D eigenvalue weighted by Gasteiger charge is 2.18. The van der Waals surface area contributed by atoms with Crippen LogP contribution in [0, 0.1) is 5.92 Å². The zero-order valence-electron chi connectivity index (χ0n) is 17.9. The van der Waals surface area contributed by atoms with Crippen molar-refractivity contribution in [2.75, 3.05) is 61.7 Å². The van der Waals surface area contributed by atoms with Crippen molar-refractivity contribution in [2.45, 2.75) is 13.0 Å². The molecule has 1 aliphatic rings. The van der Waals surface area contributed by atoms with E-state index in [9.17, 15) is 4.79 Å². The number of aliphatic imine (C=N–C) groups is 1. The van der Waals surface area contributed by atoms with Gasteiger partial charge in [-0.15, -0.1) is 24.0 Å². The maximum Gasteiger partial charge on any atom is 0.243 e. The van der Waals surface area contributed by atoms with Crippen LogP contribution in [0.5, 0.6) is 11.5 Å². The smallest absolute Gasteiger partial charge is 0.243 e. The Hall–Kier alpha value is -1.75. The van der Waals surface area contributed by atoms with Crippen LogP contribution in [0.2, 0.25) is 0 Å². The first-order valence-electron chi connectivity index (χ1n) is 9.42. The van der Waals surface area contributed by atoms with Gasteiger partial charge in [-0.05, 0) is 18.6 Å². The van der Waals surface area contributed by atoms with E-state index in [1.54, 1.807) is 33.2 Å². The second-order valence-electron chi connectivity index (χ2n) is 7.07. The van der Waals surface area contributed by atoms with Crippen molar-refractivity contribution in [1.82, 2.24) is 15.1 Å². The van der Waals surface area contributed by atoms with Crippen LogP contribution in [-0.2, 0) is 16.1 Å². The number of hydrogen-bond donors (Lipinski definition) is 1. The Labute approximate surface area is 190 Å². The zero-order chi connectivity index (χ0) is 20.5. The minimum Gasteiger partial charge on any atom is -0.497 e. The summed E-state index contributed by atoms with van der Waals surface area (Å²) in [5.41, 5.74) is 1.00. The molecule has 1 atom stereocenters. The molecule has 1 heterocycles. The van der Waals surface area contributed by atoms with Gasteiger partial charge in [0.2, 0.25) is 5.91 Å². The van der Waals surface area contributed by atoms with Gasteiger partial charge in [0.1, 0.15) is 18.0 Å². The molecule has 1 unspecified atom stereocenters. The van der Waals surface area contributed by atoms with Crippen molar-refractivity contribution in [1.29, 1.82) is 0 Å². The van der Waals surface area contributed by atoms with Crippen LogP contribution in [0.3, 0.4) is 0 Å². The lowest BCUT2D eigenvalue weighted by molar-refractivity contribution is -0.127. The molecule has 2 rings (SSSR count). The molecule has 1 saturated heterocycles. The van der Waals surface area contributed by atoms with Gasteiger partial charge in [0, 0.05) is 58.4 Å². The Kier molecular flexibility index (Phi) is 11.1. The van der Waals surface area contributed by atoms with E-state index in [1.807, 2.05) is 30.1 Å². The second-order valence-corrected chi connectivity index (χ2v) is 7.07. The van der Waals surface area contributed by atoms with E-state index in [1.165, 1.54) is 0 Å². The molecule has 0 spiro atoms. The average molecular weight is 520 g/mol. The molecule has 1 fully saturated rings. The Balaban J connectivity index is 0.00000420. The summed E-state index contributed by atoms with van der Waals surface area (Å²) in [6, 6.07) is 5.74. The van der Waals surface area contributed by atoms with Gasteiger partial charge >= 0.3 is 0 Å². The van der Waals surface area contributed by atoms with Gasteiger partial charge in [-0.25, -0.2) is 4.99 Å². The van der Waals surface area contributed by atoms with E-state index in [2.05, 4.69) is 10.3 Å². The first-order chi connectivity index (χ1) is 13.4. The molecule has 0 saturated carbocycles. The Morgan fingerprint density at radius 2 is 2.03 bits per heavy atom. The third-order valence-corrected chi connectivity index (χ3v) is 4.70. The SMILES string of the molecule is COc1ccc(CN(C)C(=NCC(=O)N(C)C)NCC2CCOC2)c(OC)c1.I. The van der Waals surface area contributed by atoms with Crippen molar-refractivity contribution in [2.24, 2.45) is 10.9 Å². The number of carbonyl (C=O) groups excluding carboxylic acids is 1. The van der Waals surface area contributed by atoms with Gasteiger partial charge in [-0.2, -0.15) is 0 Å². The third kappa shape index (κ3) is 7.88. The summed E-state index contributed by atoms with van der Waals surface area (Å²) in [5, 5.41) is 3.40. The standard InChI is InChI=1S/C20H32N4O4.HI/c1-23(2)19(25)12-22-20(21-11-15-8-9-28-14-15)24(3)13-16-6-7-17(26-4)10-18(16)27-5;/h6-7,10,15H,8-9,11-14H2,1-5H3,(H,21,22);1H. The number of likely N-dealkylation sites (N-methyl/N-ethyl adjacent to an activating group) is 1. The molecule has 0 bridgehead atoms. The molecule has 1 aromatic carbocycles. The number of hydrogen-bond acceptors (Lipinski definition) is 5. The fourth-order valence-corrected chi connectivity index (χ4v) is 2.89. The molecule has 1 aliphatic heterocycles. The summed E-state index contributed by atoms with van der Waals surface area (Å²) in [7, 11) is 8.67. The number of halogens is 1. The summed E-state index contributed by atoms with van der Waals surface area (Å²) in [6.07, 6.45) is 1.03. The summed E-state index contributed by atoms with van der Waals surface area (Å²) < 4.78 is 16.2. The number of guanidine groups is 1. The third-order valence-electron chi connectivity index (χ3n) is 4.70. The van der Waals surface area contributed by atoms with E-state index in [0.717, 1.165) is 43.2 Å². The Bertz CT molecular complexity index is 678. The maximum atomic E-state index is 12.0. The van der Waals surface area contributed by atoms with Crippen molar-refractivity contribution in [3.05, 3.63) is 23.8 Å². The van der Waals surface area contributed by atoms with Crippen LogP contribution in [0.4, 0.5) is 0 Å². The lowest BCUT2D eigenvalue weighted by Crippen LogP contribution is -2.41. The van der Waals surface area contributed by atoms with Gasteiger partial charge in [-0.1, -0.05) is 0 Å². The minimum atomic E-state index is -0.0427. The summed E-state index contributed by atoms with van der Waals surface area (Å²) in [4.78, 5) is 20.0. The summed E-state index contributed by atoms with van der Waals surface area (Å²) in [5.74, 6) is 2.59. The van der Waals surface area contributed by atoms with Crippen molar-refractivity contribution in [3.63, 3.8) is 0 Å². The van der Waals surface area contributed by atoms with E-state index in [0.29, 0.717) is 18.4 Å². The maximum absolute atomic E-state index is 12.0. The Morgan fingerprint density at radius 1 is 1.28 bits per heavy atom. The number of ether oxygens (including phenoxy) is 3. The number of nitrogens with one attached hydrogen (secondary N) is 1. The van der Waals surface area contributed by atoms with E-state index in [-0.39, 0.29) is 36.4 Å². The molecule has 1 aromatic rings. The van der Waals surface area contributed by atoms with Crippen LogP contribution in [0.25, 0.3) is 0 Å². The van der Waals surface area contributed by atoms with Gasteiger partial charge in [0.15, 0.2) is 5.96 Å². The zero-order valence-corrected chi connectivity index (χ0v) is 20.3. The Morgan fingerprint density at radius 3 is 2.62 bits per heavy atom. The number of carbonyl (C=O) groups is 1. The normalized spacial score (nSPS) is 16.0. The van der Waals surface area contributed by atoms with Crippen LogP contribution >= 0.6 is 24.0 Å². The van der Waals surface area contributed by atoms with Gasteiger partial charge in [0.05, 0.1) is 20.8 Å². The van der Waals surface area contributed by atoms with Crippen LogP contribution in [0.1, 0.15) is 12.0 Å². The van der Waals surface area contributed by atoms with Crippen LogP contribution in [0.15, 0.2) is 23.2 Å². The molecular formula is C20H33IN4O4. The summed E-state index contributed by atoms with van der Waals surface area (Å²) >= 11 is 0. The van der Waals surface area contributed by atoms with Crippen LogP contribution in [-0.4, -0.2) is 83.3 Å². The molecule has 9 heteroatoms. The molecule has 0 radical (unpaired) electrons. The number of nitrogens with zero attached hydrogens (tertiary/aromatic N) is 3. The first-order valence-corrected chi connectivity index (χ1v) is 9.42. The highest BCUT2D eigenvalue weighted by atomic mass is 127. The highest BCUT2D eigenvalue weighted by molar-refractivity contribution is 14.0. The van der Waals surface area contributed by atoms with Crippen molar-refractivity contribution >= 4 is 35.8 Å². The lowest BCUT2D eigenvalue weighted by Gasteiger charge is -2.25. The average Bonchev–Trinajstić information content (AvgIpc) is 3.21. The van der Waals surface area contributed by atoms with E-state index >= 15 is 0 Å². The quantitative estimate of drug-likeness (QED) is 0.321. The van der Waals surface area contributed by atoms with Gasteiger partial charge in [-0.3, -0.25) is 4.79 Å². The van der Waals surface area contributed by atoms with Crippen molar-refractivity contribution in [3.8, 4) is 11.5 Å². The van der Waals surface area contributed by atoms with Crippen LogP contribution < -0.4 is 14.8 Å². The molecule has 0 aliphatic carbocycles. The fraction of sp³-hybridized carbons (Fsp3) is 0.600.